The van der Waals surface area contributed by atoms with Gasteiger partial charge in [0.1, 0.15) is 5.02 Å². The Morgan fingerprint density at radius 2 is 2.11 bits per heavy atom. The Morgan fingerprint density at radius 3 is 2.78 bits per heavy atom. The average Bonchev–Trinajstić information content (AvgIpc) is 2.34. The zero-order valence-corrected chi connectivity index (χ0v) is 11.3. The molecule has 0 aliphatic rings. The molecule has 0 radical (unpaired) electrons. The third-order valence-electron chi connectivity index (χ3n) is 2.07. The maximum atomic E-state index is 10.7. The molecular weight excluding hydrogens is 254 g/mol. The minimum Gasteiger partial charge on any atom is -0.367 e. The molecule has 1 heterocycles. The van der Waals surface area contributed by atoms with E-state index in [1.165, 1.54) is 6.92 Å². The molecule has 0 atom stereocenters. The van der Waals surface area contributed by atoms with E-state index in [0.29, 0.717) is 29.9 Å². The number of halogens is 1. The first-order valence-corrected chi connectivity index (χ1v) is 6.26. The minimum absolute atomic E-state index is 0.0594. The van der Waals surface area contributed by atoms with Crippen molar-refractivity contribution in [2.45, 2.75) is 20.3 Å². The molecule has 0 bridgehead atoms. The molecule has 0 aliphatic heterocycles. The Labute approximate surface area is 112 Å². The van der Waals surface area contributed by atoms with Crippen molar-refractivity contribution in [3.05, 3.63) is 11.2 Å². The number of aromatic nitrogens is 2. The highest BCUT2D eigenvalue weighted by Crippen LogP contribution is 2.18. The van der Waals surface area contributed by atoms with Crippen LogP contribution in [0, 0.1) is 0 Å². The van der Waals surface area contributed by atoms with Gasteiger partial charge in [0, 0.05) is 26.6 Å². The highest BCUT2D eigenvalue weighted by atomic mass is 35.5. The number of nitrogens with zero attached hydrogens (tertiary/aromatic N) is 2. The lowest BCUT2D eigenvalue weighted by atomic mass is 10.5. The Kier molecular flexibility index (Phi) is 6.21. The Morgan fingerprint density at radius 1 is 1.33 bits per heavy atom. The molecule has 0 fully saturated rings. The van der Waals surface area contributed by atoms with Gasteiger partial charge in [0.05, 0.1) is 6.20 Å². The first-order chi connectivity index (χ1) is 8.63. The number of hydrogen-bond acceptors (Lipinski definition) is 5. The summed E-state index contributed by atoms with van der Waals surface area (Å²) in [5.74, 6) is 1.05. The standard InChI is InChI=1S/C11H18ClN5O/c1-3-4-15-11-16-7-9(12)10(17-11)14-6-5-13-8(2)18/h7H,3-6H2,1-2H3,(H,13,18)(H2,14,15,16,17). The second-order valence-corrected chi connectivity index (χ2v) is 4.13. The number of anilines is 2. The van der Waals surface area contributed by atoms with Gasteiger partial charge in [-0.1, -0.05) is 18.5 Å². The third-order valence-corrected chi connectivity index (χ3v) is 2.35. The van der Waals surface area contributed by atoms with Crippen LogP contribution in [0.1, 0.15) is 20.3 Å². The fourth-order valence-corrected chi connectivity index (χ4v) is 1.39. The number of hydrogen-bond donors (Lipinski definition) is 3. The van der Waals surface area contributed by atoms with Crippen molar-refractivity contribution in [3.8, 4) is 0 Å². The van der Waals surface area contributed by atoms with Gasteiger partial charge in [-0.05, 0) is 6.42 Å². The predicted octanol–water partition coefficient (Wildman–Crippen LogP) is 1.50. The van der Waals surface area contributed by atoms with Crippen molar-refractivity contribution >= 4 is 29.3 Å². The molecule has 1 rings (SSSR count). The molecule has 18 heavy (non-hydrogen) atoms. The van der Waals surface area contributed by atoms with Crippen molar-refractivity contribution in [2.75, 3.05) is 30.3 Å². The number of nitrogens with one attached hydrogen (secondary N) is 3. The molecule has 3 N–H and O–H groups in total. The first-order valence-electron chi connectivity index (χ1n) is 5.88. The van der Waals surface area contributed by atoms with Gasteiger partial charge < -0.3 is 16.0 Å². The van der Waals surface area contributed by atoms with E-state index < -0.39 is 0 Å². The predicted molar refractivity (Wildman–Crippen MR) is 73.0 cm³/mol. The molecule has 1 aromatic rings. The van der Waals surface area contributed by atoms with Crippen LogP contribution in [0.25, 0.3) is 0 Å². The lowest BCUT2D eigenvalue weighted by molar-refractivity contribution is -0.118. The van der Waals surface area contributed by atoms with E-state index in [9.17, 15) is 4.79 Å². The van der Waals surface area contributed by atoms with Crippen LogP contribution in [0.5, 0.6) is 0 Å². The Balaban J connectivity index is 2.49. The van der Waals surface area contributed by atoms with E-state index in [1.54, 1.807) is 6.20 Å². The zero-order chi connectivity index (χ0) is 13.4. The number of rotatable bonds is 7. The van der Waals surface area contributed by atoms with Crippen molar-refractivity contribution in [2.24, 2.45) is 0 Å². The fraction of sp³-hybridized carbons (Fsp3) is 0.545. The summed E-state index contributed by atoms with van der Waals surface area (Å²) in [4.78, 5) is 19.0. The van der Waals surface area contributed by atoms with Gasteiger partial charge in [-0.15, -0.1) is 0 Å². The monoisotopic (exact) mass is 271 g/mol. The van der Waals surface area contributed by atoms with Crippen LogP contribution in [-0.2, 0) is 4.79 Å². The summed E-state index contributed by atoms with van der Waals surface area (Å²) in [5, 5.41) is 9.27. The van der Waals surface area contributed by atoms with Crippen molar-refractivity contribution in [3.63, 3.8) is 0 Å². The number of carbonyl (C=O) groups excluding carboxylic acids is 1. The molecule has 0 unspecified atom stereocenters. The summed E-state index contributed by atoms with van der Waals surface area (Å²) in [6, 6.07) is 0. The molecule has 0 saturated carbocycles. The smallest absolute Gasteiger partial charge is 0.224 e. The maximum absolute atomic E-state index is 10.7. The van der Waals surface area contributed by atoms with Crippen LogP contribution in [0.3, 0.4) is 0 Å². The summed E-state index contributed by atoms with van der Waals surface area (Å²) < 4.78 is 0. The highest BCUT2D eigenvalue weighted by Gasteiger charge is 2.04. The van der Waals surface area contributed by atoms with Crippen LogP contribution >= 0.6 is 11.6 Å². The van der Waals surface area contributed by atoms with Gasteiger partial charge in [-0.2, -0.15) is 4.98 Å². The van der Waals surface area contributed by atoms with Crippen LogP contribution in [0.2, 0.25) is 5.02 Å². The zero-order valence-electron chi connectivity index (χ0n) is 10.6. The van der Waals surface area contributed by atoms with Gasteiger partial charge >= 0.3 is 0 Å². The molecular formula is C11H18ClN5O. The van der Waals surface area contributed by atoms with E-state index in [0.717, 1.165) is 13.0 Å². The van der Waals surface area contributed by atoms with Gasteiger partial charge in [0.25, 0.3) is 0 Å². The molecule has 6 nitrogen and oxygen atoms in total. The minimum atomic E-state index is -0.0594. The van der Waals surface area contributed by atoms with E-state index in [2.05, 4.69) is 32.8 Å². The summed E-state index contributed by atoms with van der Waals surface area (Å²) in [7, 11) is 0. The summed E-state index contributed by atoms with van der Waals surface area (Å²) in [6.45, 7) is 5.43. The average molecular weight is 272 g/mol. The van der Waals surface area contributed by atoms with Crippen molar-refractivity contribution in [1.82, 2.24) is 15.3 Å². The largest absolute Gasteiger partial charge is 0.367 e. The quantitative estimate of drug-likeness (QED) is 0.655. The second-order valence-electron chi connectivity index (χ2n) is 3.73. The SMILES string of the molecule is CCCNc1ncc(Cl)c(NCCNC(C)=O)n1. The topological polar surface area (TPSA) is 78.9 Å². The molecule has 0 aromatic carbocycles. The molecule has 0 saturated heterocycles. The van der Waals surface area contributed by atoms with Crippen LogP contribution in [0.4, 0.5) is 11.8 Å². The fourth-order valence-electron chi connectivity index (χ4n) is 1.23. The molecule has 0 aliphatic carbocycles. The van der Waals surface area contributed by atoms with Crippen molar-refractivity contribution < 1.29 is 4.79 Å². The van der Waals surface area contributed by atoms with Gasteiger partial charge in [0.15, 0.2) is 5.82 Å². The normalized spacial score (nSPS) is 9.94. The number of carbonyl (C=O) groups is 1. The third kappa shape index (κ3) is 5.18. The molecule has 100 valence electrons. The molecule has 0 spiro atoms. The molecule has 7 heteroatoms. The highest BCUT2D eigenvalue weighted by molar-refractivity contribution is 6.32. The van der Waals surface area contributed by atoms with Gasteiger partial charge in [-0.3, -0.25) is 4.79 Å². The Bertz CT molecular complexity index is 399. The lowest BCUT2D eigenvalue weighted by Crippen LogP contribution is -2.26. The molecule has 1 amide bonds. The Hall–Kier alpha value is -1.56. The van der Waals surface area contributed by atoms with E-state index in [1.807, 2.05) is 0 Å². The van der Waals surface area contributed by atoms with Crippen LogP contribution in [0.15, 0.2) is 6.20 Å². The second kappa shape index (κ2) is 7.71. The van der Waals surface area contributed by atoms with Crippen molar-refractivity contribution in [1.29, 1.82) is 0 Å². The van der Waals surface area contributed by atoms with Crippen LogP contribution < -0.4 is 16.0 Å². The van der Waals surface area contributed by atoms with Crippen LogP contribution in [-0.4, -0.2) is 35.5 Å². The van der Waals surface area contributed by atoms with E-state index in [4.69, 9.17) is 11.6 Å². The van der Waals surface area contributed by atoms with Gasteiger partial charge in [-0.25, -0.2) is 4.98 Å². The summed E-state index contributed by atoms with van der Waals surface area (Å²) in [5.41, 5.74) is 0. The summed E-state index contributed by atoms with van der Waals surface area (Å²) in [6.07, 6.45) is 2.55. The number of amides is 1. The molecule has 1 aromatic heterocycles. The lowest BCUT2D eigenvalue weighted by Gasteiger charge is -2.09. The van der Waals surface area contributed by atoms with E-state index >= 15 is 0 Å². The van der Waals surface area contributed by atoms with Gasteiger partial charge in [0.2, 0.25) is 11.9 Å². The van der Waals surface area contributed by atoms with E-state index in [-0.39, 0.29) is 5.91 Å². The maximum Gasteiger partial charge on any atom is 0.224 e. The first kappa shape index (κ1) is 14.5. The summed E-state index contributed by atoms with van der Waals surface area (Å²) >= 11 is 5.97.